The van der Waals surface area contributed by atoms with E-state index in [0.29, 0.717) is 85.8 Å². The van der Waals surface area contributed by atoms with E-state index < -0.39 is 41.5 Å². The highest BCUT2D eigenvalue weighted by Gasteiger charge is 2.47. The summed E-state index contributed by atoms with van der Waals surface area (Å²) in [5.74, 6) is -3.56. The van der Waals surface area contributed by atoms with Crippen LogP contribution in [0.3, 0.4) is 0 Å². The molecule has 402 valence electrons. The number of para-hydroxylation sites is 1. The molecule has 1 aliphatic carbocycles. The van der Waals surface area contributed by atoms with Gasteiger partial charge in [-0.3, -0.25) is 54.6 Å². The van der Waals surface area contributed by atoms with Gasteiger partial charge in [-0.1, -0.05) is 53.8 Å². The van der Waals surface area contributed by atoms with Crippen LogP contribution in [0, 0.1) is 29.5 Å². The van der Waals surface area contributed by atoms with Gasteiger partial charge < -0.3 is 24.5 Å². The van der Waals surface area contributed by atoms with E-state index >= 15 is 4.39 Å². The number of anilines is 2. The predicted molar refractivity (Wildman–Crippen MR) is 290 cm³/mol. The Morgan fingerprint density at radius 2 is 1.62 bits per heavy atom. The maximum Gasteiger partial charge on any atom is 0.328 e. The predicted octanol–water partition coefficient (Wildman–Crippen LogP) is 6.68. The van der Waals surface area contributed by atoms with Gasteiger partial charge in [0, 0.05) is 57.3 Å². The van der Waals surface area contributed by atoms with E-state index in [-0.39, 0.29) is 59.3 Å². The van der Waals surface area contributed by atoms with Crippen LogP contribution in [0.4, 0.5) is 15.2 Å². The number of hydrogen-bond acceptors (Lipinski definition) is 13. The molecule has 6 heterocycles. The van der Waals surface area contributed by atoms with E-state index in [9.17, 15) is 38.7 Å². The van der Waals surface area contributed by atoms with Gasteiger partial charge in [-0.2, -0.15) is 0 Å². The lowest BCUT2D eigenvalue weighted by molar-refractivity contribution is -0.136. The van der Waals surface area contributed by atoms with Gasteiger partial charge in [-0.05, 0) is 140 Å². The number of likely N-dealkylation sites (tertiary alicyclic amines) is 1. The number of amidine groups is 1. The zero-order valence-corrected chi connectivity index (χ0v) is 43.8. The minimum absolute atomic E-state index is 0.000155. The SMILES string of the molecule is Cc1c(OCC2CC3(CCN(CC(=O)N4CCN(c5cc6c(cc5F)C(=O)N(C5CCC(=O)NC5=O)C6=O)CC4)CC3)C2)cccc1C(/C=C\C(=N)N1CCc2cccc(C(=O)Nc3nc4ccccc4s3)c2C1)=C\C(=O)O. The Hall–Kier alpha value is -8.10. The van der Waals surface area contributed by atoms with Crippen molar-refractivity contribution in [2.45, 2.75) is 64.5 Å². The Labute approximate surface area is 453 Å². The zero-order chi connectivity index (χ0) is 54.4. The highest BCUT2D eigenvalue weighted by atomic mass is 32.1. The average Bonchev–Trinajstić information content (AvgIpc) is 4.10. The summed E-state index contributed by atoms with van der Waals surface area (Å²) in [5, 5.41) is 24.6. The van der Waals surface area contributed by atoms with E-state index in [1.807, 2.05) is 66.4 Å². The minimum atomic E-state index is -1.15. The molecule has 1 unspecified atom stereocenters. The highest BCUT2D eigenvalue weighted by molar-refractivity contribution is 7.22. The fourth-order valence-corrected chi connectivity index (χ4v) is 13.0. The smallest absolute Gasteiger partial charge is 0.328 e. The number of carboxylic acids is 1. The number of ether oxygens (including phenoxy) is 1. The number of carbonyl (C=O) groups is 7. The number of fused-ring (bicyclic) bond motifs is 3. The number of thiazole rings is 1. The van der Waals surface area contributed by atoms with Crippen LogP contribution in [0.5, 0.6) is 5.75 Å². The minimum Gasteiger partial charge on any atom is -0.493 e. The number of imide groups is 2. The van der Waals surface area contributed by atoms with Crippen molar-refractivity contribution in [3.8, 4) is 5.75 Å². The summed E-state index contributed by atoms with van der Waals surface area (Å²) in [6, 6.07) is 20.2. The fraction of sp³-hybridized carbons (Fsp3) is 0.362. The molecule has 11 rings (SSSR count). The third kappa shape index (κ3) is 10.4. The van der Waals surface area contributed by atoms with Crippen LogP contribution in [0.1, 0.15) is 91.9 Å². The number of aliphatic carboxylic acids is 1. The number of piperazine rings is 1. The Kier molecular flexibility index (Phi) is 14.2. The van der Waals surface area contributed by atoms with Gasteiger partial charge >= 0.3 is 5.97 Å². The highest BCUT2D eigenvalue weighted by Crippen LogP contribution is 2.52. The molecule has 5 aromatic rings. The molecule has 18 nitrogen and oxygen atoms in total. The van der Waals surface area contributed by atoms with Crippen molar-refractivity contribution in [1.82, 2.24) is 29.9 Å². The first kappa shape index (κ1) is 52.0. The topological polar surface area (TPSA) is 226 Å². The van der Waals surface area contributed by atoms with Crippen molar-refractivity contribution in [1.29, 1.82) is 5.41 Å². The summed E-state index contributed by atoms with van der Waals surface area (Å²) in [6.07, 6.45) is 8.96. The molecule has 1 aromatic heterocycles. The summed E-state index contributed by atoms with van der Waals surface area (Å²) in [4.78, 5) is 103. The number of aromatic nitrogens is 1. The summed E-state index contributed by atoms with van der Waals surface area (Å²) in [6.45, 7) is 6.56. The molecule has 20 heteroatoms. The van der Waals surface area contributed by atoms with Crippen LogP contribution in [0.15, 0.2) is 91.0 Å². The van der Waals surface area contributed by atoms with Gasteiger partial charge in [0.05, 0.1) is 40.2 Å². The molecule has 1 spiro atoms. The molecule has 0 radical (unpaired) electrons. The average molecular weight is 1080 g/mol. The van der Waals surface area contributed by atoms with Crippen LogP contribution in [-0.2, 0) is 32.1 Å². The summed E-state index contributed by atoms with van der Waals surface area (Å²) in [7, 11) is 0. The molecule has 4 N–H and O–H groups in total. The lowest BCUT2D eigenvalue weighted by atomic mass is 9.58. The van der Waals surface area contributed by atoms with Gasteiger partial charge in [0.2, 0.25) is 17.7 Å². The van der Waals surface area contributed by atoms with Crippen LogP contribution < -0.4 is 20.3 Å². The monoisotopic (exact) mass is 1080 g/mol. The molecule has 1 atom stereocenters. The van der Waals surface area contributed by atoms with Crippen molar-refractivity contribution < 1.29 is 47.8 Å². The number of carboxylic acid groups (broad SMARTS) is 1. The number of piperidine rings is 2. The third-order valence-electron chi connectivity index (χ3n) is 16.3. The molecule has 4 fully saturated rings. The number of amides is 6. The number of nitrogens with one attached hydrogen (secondary N) is 3. The van der Waals surface area contributed by atoms with Gasteiger partial charge in [0.1, 0.15) is 23.4 Å². The lowest BCUT2D eigenvalue weighted by Crippen LogP contribution is -2.54. The Balaban J connectivity index is 0.638. The van der Waals surface area contributed by atoms with Crippen molar-refractivity contribution in [2.75, 3.05) is 69.2 Å². The molecule has 1 saturated carbocycles. The quantitative estimate of drug-likeness (QED) is 0.0318. The molecule has 78 heavy (non-hydrogen) atoms. The number of nitrogens with zero attached hydrogens (tertiary/aromatic N) is 6. The van der Waals surface area contributed by atoms with E-state index in [2.05, 4.69) is 20.5 Å². The van der Waals surface area contributed by atoms with Gasteiger partial charge in [-0.25, -0.2) is 14.2 Å². The van der Waals surface area contributed by atoms with Gasteiger partial charge in [0.15, 0.2) is 5.13 Å². The molecular formula is C58H58FN9O9S. The Morgan fingerprint density at radius 1 is 0.885 bits per heavy atom. The van der Waals surface area contributed by atoms with Crippen LogP contribution in [0.25, 0.3) is 15.8 Å². The Morgan fingerprint density at radius 3 is 2.36 bits per heavy atom. The maximum absolute atomic E-state index is 15.5. The number of hydrogen-bond donors (Lipinski definition) is 4. The van der Waals surface area contributed by atoms with Crippen molar-refractivity contribution in [2.24, 2.45) is 11.3 Å². The van der Waals surface area contributed by atoms with Crippen LogP contribution in [0.2, 0.25) is 0 Å². The number of rotatable bonds is 13. The molecule has 0 bridgehead atoms. The van der Waals surface area contributed by atoms with E-state index in [1.54, 1.807) is 28.0 Å². The molecule has 6 aliphatic rings. The van der Waals surface area contributed by atoms with Crippen molar-refractivity contribution in [3.05, 3.63) is 136 Å². The van der Waals surface area contributed by atoms with E-state index in [4.69, 9.17) is 10.1 Å². The molecule has 3 saturated heterocycles. The summed E-state index contributed by atoms with van der Waals surface area (Å²) < 4.78 is 22.9. The second kappa shape index (κ2) is 21.4. The first-order chi connectivity index (χ1) is 37.6. The first-order valence-electron chi connectivity index (χ1n) is 26.4. The second-order valence-electron chi connectivity index (χ2n) is 21.2. The van der Waals surface area contributed by atoms with Crippen molar-refractivity contribution in [3.63, 3.8) is 0 Å². The number of benzene rings is 4. The third-order valence-corrected chi connectivity index (χ3v) is 17.3. The number of halogens is 1. The number of carbonyl (C=O) groups excluding carboxylic acids is 6. The second-order valence-corrected chi connectivity index (χ2v) is 22.2. The van der Waals surface area contributed by atoms with E-state index in [0.717, 1.165) is 82.7 Å². The zero-order valence-electron chi connectivity index (χ0n) is 43.0. The lowest BCUT2D eigenvalue weighted by Gasteiger charge is -2.52. The fourth-order valence-electron chi connectivity index (χ4n) is 12.1. The molecule has 4 aromatic carbocycles. The van der Waals surface area contributed by atoms with Crippen LogP contribution >= 0.6 is 11.3 Å². The first-order valence-corrected chi connectivity index (χ1v) is 27.2. The standard InChI is InChI=1S/C58H58FN9O9S/c1-34-38(37(26-52(71)72)12-14-49(60)67-19-16-36-6-4-8-39(42(36)31-67)53(73)63-57-61-44-9-2-3-11-48(44)78-57)7-5-10-47(34)77-33-35-29-58(30-35)17-20-64(21-18-58)32-51(70)66-24-22-65(23-25-66)46-28-41-40(27-43(46)59)55(75)68(56(41)76)45-13-15-50(69)62-54(45)74/h2-12,14,26-28,35,45,60H,13,15-25,29-33H2,1H3,(H,71,72)(H,61,63,73)(H,62,69,74)/b14-12-,37-26-,60-49?. The molecular weight excluding hydrogens is 1020 g/mol. The van der Waals surface area contributed by atoms with Crippen LogP contribution in [-0.4, -0.2) is 142 Å². The molecule has 6 amide bonds. The Bertz CT molecular complexity index is 3350. The summed E-state index contributed by atoms with van der Waals surface area (Å²) >= 11 is 1.41. The normalized spacial score (nSPS) is 19.8. The van der Waals surface area contributed by atoms with Crippen molar-refractivity contribution >= 4 is 85.2 Å². The maximum atomic E-state index is 15.5. The van der Waals surface area contributed by atoms with Gasteiger partial charge in [-0.15, -0.1) is 0 Å². The molecule has 5 aliphatic heterocycles. The summed E-state index contributed by atoms with van der Waals surface area (Å²) in [5.41, 5.74) is 5.31. The van der Waals surface area contributed by atoms with E-state index in [1.165, 1.54) is 17.4 Å². The number of allylic oxidation sites excluding steroid dienone is 2. The largest absolute Gasteiger partial charge is 0.493 e. The van der Waals surface area contributed by atoms with Gasteiger partial charge in [0.25, 0.3) is 17.7 Å².